The molecule has 1 atom stereocenters. The SMILES string of the molecule is Cc1ccc(NC(=O)[C@@H]2CCCN2C(=O)Nc2ccc(C)cc2)cc1. The number of benzene rings is 2. The van der Waals surface area contributed by atoms with Gasteiger partial charge in [0, 0.05) is 17.9 Å². The van der Waals surface area contributed by atoms with Crippen LogP contribution in [0.5, 0.6) is 0 Å². The van der Waals surface area contributed by atoms with Gasteiger partial charge in [0.1, 0.15) is 6.04 Å². The molecule has 1 saturated heterocycles. The van der Waals surface area contributed by atoms with Gasteiger partial charge in [-0.3, -0.25) is 4.79 Å². The van der Waals surface area contributed by atoms with Gasteiger partial charge in [0.05, 0.1) is 0 Å². The number of rotatable bonds is 3. The zero-order valence-electron chi connectivity index (χ0n) is 14.6. The maximum Gasteiger partial charge on any atom is 0.322 e. The lowest BCUT2D eigenvalue weighted by Crippen LogP contribution is -2.45. The molecule has 0 aromatic heterocycles. The van der Waals surface area contributed by atoms with Crippen molar-refractivity contribution in [2.45, 2.75) is 32.7 Å². The molecule has 0 saturated carbocycles. The van der Waals surface area contributed by atoms with Crippen molar-refractivity contribution in [2.24, 2.45) is 0 Å². The number of likely N-dealkylation sites (tertiary alicyclic amines) is 1. The summed E-state index contributed by atoms with van der Waals surface area (Å²) in [7, 11) is 0. The Bertz CT molecular complexity index is 688. The monoisotopic (exact) mass is 337 g/mol. The Labute approximate surface area is 148 Å². The molecule has 2 N–H and O–H groups in total. The molecule has 25 heavy (non-hydrogen) atoms. The molecule has 5 nitrogen and oxygen atoms in total. The summed E-state index contributed by atoms with van der Waals surface area (Å²) in [6.07, 6.45) is 1.51. The van der Waals surface area contributed by atoms with Crippen molar-refractivity contribution in [1.82, 2.24) is 4.90 Å². The minimum Gasteiger partial charge on any atom is -0.324 e. The molecule has 1 heterocycles. The minimum absolute atomic E-state index is 0.139. The van der Waals surface area contributed by atoms with Crippen molar-refractivity contribution >= 4 is 23.3 Å². The predicted octanol–water partition coefficient (Wildman–Crippen LogP) is 3.94. The first-order chi connectivity index (χ1) is 12.0. The lowest BCUT2D eigenvalue weighted by molar-refractivity contribution is -0.119. The van der Waals surface area contributed by atoms with E-state index >= 15 is 0 Å². The van der Waals surface area contributed by atoms with Crippen LogP contribution < -0.4 is 10.6 Å². The molecule has 3 rings (SSSR count). The number of aryl methyl sites for hydroxylation is 2. The Morgan fingerprint density at radius 1 is 0.880 bits per heavy atom. The van der Waals surface area contributed by atoms with Crippen molar-refractivity contribution in [2.75, 3.05) is 17.2 Å². The van der Waals surface area contributed by atoms with E-state index in [1.807, 2.05) is 62.4 Å². The van der Waals surface area contributed by atoms with Crippen LogP contribution in [0, 0.1) is 13.8 Å². The second-order valence-electron chi connectivity index (χ2n) is 6.50. The van der Waals surface area contributed by atoms with Crippen LogP contribution in [0.1, 0.15) is 24.0 Å². The highest BCUT2D eigenvalue weighted by molar-refractivity contribution is 5.99. The predicted molar refractivity (Wildman–Crippen MR) is 99.7 cm³/mol. The van der Waals surface area contributed by atoms with Crippen LogP contribution in [0.15, 0.2) is 48.5 Å². The highest BCUT2D eigenvalue weighted by Crippen LogP contribution is 2.21. The van der Waals surface area contributed by atoms with Crippen LogP contribution in [0.25, 0.3) is 0 Å². The standard InChI is InChI=1S/C20H23N3O2/c1-14-5-9-16(10-6-14)21-19(24)18-4-3-13-23(18)20(25)22-17-11-7-15(2)8-12-17/h5-12,18H,3-4,13H2,1-2H3,(H,21,24)(H,22,25)/t18-/m0/s1. The summed E-state index contributed by atoms with van der Waals surface area (Å²) in [4.78, 5) is 26.7. The van der Waals surface area contributed by atoms with Crippen LogP contribution in [0.4, 0.5) is 16.2 Å². The molecule has 130 valence electrons. The largest absolute Gasteiger partial charge is 0.324 e. The van der Waals surface area contributed by atoms with Gasteiger partial charge in [-0.1, -0.05) is 35.4 Å². The second kappa shape index (κ2) is 7.38. The van der Waals surface area contributed by atoms with E-state index in [-0.39, 0.29) is 11.9 Å². The number of anilines is 2. The van der Waals surface area contributed by atoms with Crippen molar-refractivity contribution in [1.29, 1.82) is 0 Å². The van der Waals surface area contributed by atoms with Crippen molar-refractivity contribution < 1.29 is 9.59 Å². The van der Waals surface area contributed by atoms with Crippen molar-refractivity contribution in [3.8, 4) is 0 Å². The highest BCUT2D eigenvalue weighted by atomic mass is 16.2. The van der Waals surface area contributed by atoms with E-state index in [2.05, 4.69) is 10.6 Å². The smallest absolute Gasteiger partial charge is 0.322 e. The molecule has 5 heteroatoms. The fourth-order valence-electron chi connectivity index (χ4n) is 2.98. The first kappa shape index (κ1) is 17.0. The third kappa shape index (κ3) is 4.18. The normalized spacial score (nSPS) is 16.6. The minimum atomic E-state index is -0.438. The Hall–Kier alpha value is -2.82. The van der Waals surface area contributed by atoms with Gasteiger partial charge in [-0.25, -0.2) is 4.79 Å². The molecule has 0 bridgehead atoms. The molecule has 2 aromatic rings. The first-order valence-electron chi connectivity index (χ1n) is 8.55. The number of carbonyl (C=O) groups excluding carboxylic acids is 2. The Kier molecular flexibility index (Phi) is 5.03. The van der Waals surface area contributed by atoms with Crippen molar-refractivity contribution in [3.05, 3.63) is 59.7 Å². The van der Waals surface area contributed by atoms with Crippen LogP contribution >= 0.6 is 0 Å². The summed E-state index contributed by atoms with van der Waals surface area (Å²) in [6.45, 7) is 4.58. The Morgan fingerprint density at radius 3 is 1.96 bits per heavy atom. The van der Waals surface area contributed by atoms with Gasteiger partial charge in [-0.05, 0) is 51.0 Å². The van der Waals surface area contributed by atoms with Gasteiger partial charge in [0.25, 0.3) is 0 Å². The van der Waals surface area contributed by atoms with Gasteiger partial charge < -0.3 is 15.5 Å². The molecule has 0 spiro atoms. The molecule has 1 fully saturated rings. The maximum absolute atomic E-state index is 12.6. The summed E-state index contributed by atoms with van der Waals surface area (Å²) in [5, 5.41) is 5.78. The number of hydrogen-bond donors (Lipinski definition) is 2. The van der Waals surface area contributed by atoms with E-state index in [9.17, 15) is 9.59 Å². The van der Waals surface area contributed by atoms with Crippen LogP contribution in [0.2, 0.25) is 0 Å². The van der Waals surface area contributed by atoms with Crippen LogP contribution in [-0.2, 0) is 4.79 Å². The average Bonchev–Trinajstić information content (AvgIpc) is 3.09. The molecule has 2 aromatic carbocycles. The fraction of sp³-hybridized carbons (Fsp3) is 0.300. The Balaban J connectivity index is 1.64. The number of nitrogens with one attached hydrogen (secondary N) is 2. The van der Waals surface area contributed by atoms with E-state index in [0.29, 0.717) is 13.0 Å². The van der Waals surface area contributed by atoms with E-state index in [1.54, 1.807) is 4.90 Å². The molecule has 3 amide bonds. The third-order valence-corrected chi connectivity index (χ3v) is 4.44. The van der Waals surface area contributed by atoms with Gasteiger partial charge in [-0.15, -0.1) is 0 Å². The molecule has 0 radical (unpaired) electrons. The lowest BCUT2D eigenvalue weighted by Gasteiger charge is -2.24. The van der Waals surface area contributed by atoms with Gasteiger partial charge in [-0.2, -0.15) is 0 Å². The molecule has 0 aliphatic carbocycles. The molecular formula is C20H23N3O2. The fourth-order valence-corrected chi connectivity index (χ4v) is 2.98. The van der Waals surface area contributed by atoms with Crippen LogP contribution in [-0.4, -0.2) is 29.4 Å². The van der Waals surface area contributed by atoms with Crippen LogP contribution in [0.3, 0.4) is 0 Å². The second-order valence-corrected chi connectivity index (χ2v) is 6.50. The summed E-state index contributed by atoms with van der Waals surface area (Å²) in [5.41, 5.74) is 3.76. The summed E-state index contributed by atoms with van der Waals surface area (Å²) < 4.78 is 0. The number of carbonyl (C=O) groups is 2. The quantitative estimate of drug-likeness (QED) is 0.891. The number of hydrogen-bond acceptors (Lipinski definition) is 2. The Morgan fingerprint density at radius 2 is 1.40 bits per heavy atom. The lowest BCUT2D eigenvalue weighted by atomic mass is 10.2. The molecule has 1 aliphatic heterocycles. The first-order valence-corrected chi connectivity index (χ1v) is 8.55. The van der Waals surface area contributed by atoms with Crippen molar-refractivity contribution in [3.63, 3.8) is 0 Å². The molecule has 0 unspecified atom stereocenters. The van der Waals surface area contributed by atoms with Gasteiger partial charge in [0.15, 0.2) is 0 Å². The summed E-state index contributed by atoms with van der Waals surface area (Å²) in [6, 6.07) is 14.6. The zero-order valence-corrected chi connectivity index (χ0v) is 14.6. The number of nitrogens with zero attached hydrogens (tertiary/aromatic N) is 1. The third-order valence-electron chi connectivity index (χ3n) is 4.44. The topological polar surface area (TPSA) is 61.4 Å². The zero-order chi connectivity index (χ0) is 17.8. The summed E-state index contributed by atoms with van der Waals surface area (Å²) >= 11 is 0. The number of urea groups is 1. The van der Waals surface area contributed by atoms with E-state index < -0.39 is 6.04 Å². The van der Waals surface area contributed by atoms with Gasteiger partial charge >= 0.3 is 6.03 Å². The van der Waals surface area contributed by atoms with Gasteiger partial charge in [0.2, 0.25) is 5.91 Å². The number of amides is 3. The molecule has 1 aliphatic rings. The maximum atomic E-state index is 12.6. The average molecular weight is 337 g/mol. The van der Waals surface area contributed by atoms with E-state index in [1.165, 1.54) is 0 Å². The highest BCUT2D eigenvalue weighted by Gasteiger charge is 2.34. The van der Waals surface area contributed by atoms with E-state index in [0.717, 1.165) is 28.9 Å². The summed E-state index contributed by atoms with van der Waals surface area (Å²) in [5.74, 6) is -0.139. The molecular weight excluding hydrogens is 314 g/mol. The van der Waals surface area contributed by atoms with E-state index in [4.69, 9.17) is 0 Å².